The molecule has 2 N–H and O–H groups in total. The van der Waals surface area contributed by atoms with Gasteiger partial charge in [0.2, 0.25) is 0 Å². The molecule has 1 fully saturated rings. The van der Waals surface area contributed by atoms with Crippen molar-refractivity contribution in [1.82, 2.24) is 5.32 Å². The number of carboxylic acids is 1. The van der Waals surface area contributed by atoms with Crippen molar-refractivity contribution in [3.8, 4) is 0 Å². The van der Waals surface area contributed by atoms with Crippen LogP contribution in [0.25, 0.3) is 0 Å². The molecule has 0 spiro atoms. The molecule has 0 aromatic rings. The molecule has 0 aromatic heterocycles. The monoisotopic (exact) mass is 189 g/mol. The fourth-order valence-corrected chi connectivity index (χ4v) is 2.22. The number of amides is 1. The molecule has 1 aliphatic heterocycles. The molecule has 0 aliphatic carbocycles. The fraction of sp³-hybridized carbons (Fsp3) is 0.714. The maximum atomic E-state index is 10.8. The molecule has 1 aliphatic rings. The van der Waals surface area contributed by atoms with Gasteiger partial charge in [-0.05, 0) is 6.42 Å². The highest BCUT2D eigenvalue weighted by atomic mass is 32.2. The third-order valence-corrected chi connectivity index (χ3v) is 2.88. The first-order valence-corrected chi connectivity index (χ1v) is 4.77. The Morgan fingerprint density at radius 2 is 2.50 bits per heavy atom. The Kier molecular flexibility index (Phi) is 2.62. The Balaban J connectivity index is 2.74. The minimum atomic E-state index is -1.00. The lowest BCUT2D eigenvalue weighted by Gasteiger charge is -2.21. The van der Waals surface area contributed by atoms with Gasteiger partial charge in [-0.1, -0.05) is 25.1 Å². The highest BCUT2D eigenvalue weighted by Crippen LogP contribution is 2.27. The van der Waals surface area contributed by atoms with Gasteiger partial charge in [-0.3, -0.25) is 4.79 Å². The SMILES string of the molecule is CCCC1(C(=O)O)CSC(=O)N1. The third kappa shape index (κ3) is 1.55. The maximum Gasteiger partial charge on any atom is 0.330 e. The molecule has 0 radical (unpaired) electrons. The van der Waals surface area contributed by atoms with Crippen molar-refractivity contribution in [2.24, 2.45) is 0 Å². The lowest BCUT2D eigenvalue weighted by Crippen LogP contribution is -2.50. The van der Waals surface area contributed by atoms with Gasteiger partial charge in [-0.15, -0.1) is 0 Å². The van der Waals surface area contributed by atoms with Crippen LogP contribution in [-0.2, 0) is 4.79 Å². The molecule has 1 amide bonds. The Labute approximate surface area is 74.7 Å². The molecule has 12 heavy (non-hydrogen) atoms. The van der Waals surface area contributed by atoms with E-state index in [-0.39, 0.29) is 5.24 Å². The van der Waals surface area contributed by atoms with Crippen molar-refractivity contribution in [1.29, 1.82) is 0 Å². The summed E-state index contributed by atoms with van der Waals surface area (Å²) < 4.78 is 0. The van der Waals surface area contributed by atoms with Gasteiger partial charge in [0, 0.05) is 5.75 Å². The van der Waals surface area contributed by atoms with Crippen LogP contribution in [0.5, 0.6) is 0 Å². The molecule has 0 bridgehead atoms. The minimum Gasteiger partial charge on any atom is -0.479 e. The van der Waals surface area contributed by atoms with Gasteiger partial charge in [0.15, 0.2) is 0 Å². The second-order valence-corrected chi connectivity index (χ2v) is 3.79. The molecule has 1 unspecified atom stereocenters. The van der Waals surface area contributed by atoms with Gasteiger partial charge in [0.05, 0.1) is 0 Å². The van der Waals surface area contributed by atoms with Crippen LogP contribution in [0.3, 0.4) is 0 Å². The summed E-state index contributed by atoms with van der Waals surface area (Å²) in [7, 11) is 0. The predicted octanol–water partition coefficient (Wildman–Crippen LogP) is 1.07. The minimum absolute atomic E-state index is 0.231. The van der Waals surface area contributed by atoms with E-state index in [1.165, 1.54) is 0 Å². The lowest BCUT2D eigenvalue weighted by atomic mass is 9.97. The zero-order valence-electron chi connectivity index (χ0n) is 6.79. The van der Waals surface area contributed by atoms with E-state index in [1.807, 2.05) is 6.92 Å². The highest BCUT2D eigenvalue weighted by molar-refractivity contribution is 8.14. The van der Waals surface area contributed by atoms with Crippen LogP contribution < -0.4 is 5.32 Å². The van der Waals surface area contributed by atoms with Crippen molar-refractivity contribution < 1.29 is 14.7 Å². The van der Waals surface area contributed by atoms with Gasteiger partial charge in [-0.2, -0.15) is 0 Å². The summed E-state index contributed by atoms with van der Waals surface area (Å²) in [6.07, 6.45) is 1.26. The van der Waals surface area contributed by atoms with Crippen LogP contribution >= 0.6 is 11.8 Å². The lowest BCUT2D eigenvalue weighted by molar-refractivity contribution is -0.143. The Bertz CT molecular complexity index is 219. The number of hydrogen-bond donors (Lipinski definition) is 2. The number of aliphatic carboxylic acids is 1. The summed E-state index contributed by atoms with van der Waals surface area (Å²) in [5.41, 5.74) is -1.00. The topological polar surface area (TPSA) is 66.4 Å². The van der Waals surface area contributed by atoms with Gasteiger partial charge in [0.25, 0.3) is 5.24 Å². The standard InChI is InChI=1S/C7H11NO3S/c1-2-3-7(5(9)10)4-12-6(11)8-7/h2-4H2,1H3,(H,8,11)(H,9,10). The second kappa shape index (κ2) is 3.35. The summed E-state index contributed by atoms with van der Waals surface area (Å²) in [6.45, 7) is 1.90. The van der Waals surface area contributed by atoms with Gasteiger partial charge in [-0.25, -0.2) is 4.79 Å². The highest BCUT2D eigenvalue weighted by Gasteiger charge is 2.44. The Hall–Kier alpha value is -0.710. The van der Waals surface area contributed by atoms with E-state index >= 15 is 0 Å². The number of rotatable bonds is 3. The van der Waals surface area contributed by atoms with E-state index in [9.17, 15) is 9.59 Å². The summed E-state index contributed by atoms with van der Waals surface area (Å²) in [4.78, 5) is 21.7. The van der Waals surface area contributed by atoms with Crippen LogP contribution in [0, 0.1) is 0 Å². The summed E-state index contributed by atoms with van der Waals surface area (Å²) >= 11 is 1.04. The molecule has 1 heterocycles. The molecule has 68 valence electrons. The quantitative estimate of drug-likeness (QED) is 0.696. The van der Waals surface area contributed by atoms with Gasteiger partial charge < -0.3 is 10.4 Å². The van der Waals surface area contributed by atoms with E-state index in [0.717, 1.165) is 18.2 Å². The smallest absolute Gasteiger partial charge is 0.330 e. The van der Waals surface area contributed by atoms with Gasteiger partial charge in [0.1, 0.15) is 5.54 Å². The van der Waals surface area contributed by atoms with Crippen molar-refractivity contribution in [2.45, 2.75) is 25.3 Å². The summed E-state index contributed by atoms with van der Waals surface area (Å²) in [5.74, 6) is -0.586. The molecule has 1 saturated heterocycles. The van der Waals surface area contributed by atoms with Crippen LogP contribution in [0.1, 0.15) is 19.8 Å². The number of nitrogens with one attached hydrogen (secondary N) is 1. The van der Waals surface area contributed by atoms with Crippen LogP contribution in [0.15, 0.2) is 0 Å². The van der Waals surface area contributed by atoms with Crippen molar-refractivity contribution in [3.63, 3.8) is 0 Å². The molecule has 1 atom stereocenters. The third-order valence-electron chi connectivity index (χ3n) is 1.88. The average Bonchev–Trinajstić information content (AvgIpc) is 2.34. The Morgan fingerprint density at radius 1 is 1.83 bits per heavy atom. The van der Waals surface area contributed by atoms with Crippen LogP contribution in [0.2, 0.25) is 0 Å². The first-order valence-electron chi connectivity index (χ1n) is 3.79. The van der Waals surface area contributed by atoms with Crippen LogP contribution in [-0.4, -0.2) is 27.6 Å². The number of thioether (sulfide) groups is 1. The predicted molar refractivity (Wildman–Crippen MR) is 46.3 cm³/mol. The van der Waals surface area contributed by atoms with Crippen molar-refractivity contribution in [3.05, 3.63) is 0 Å². The molecule has 0 aromatic carbocycles. The summed E-state index contributed by atoms with van der Waals surface area (Å²) in [5, 5.41) is 11.1. The van der Waals surface area contributed by atoms with Crippen molar-refractivity contribution in [2.75, 3.05) is 5.75 Å². The second-order valence-electron chi connectivity index (χ2n) is 2.84. The van der Waals surface area contributed by atoms with Gasteiger partial charge >= 0.3 is 5.97 Å². The molecule has 0 saturated carbocycles. The van der Waals surface area contributed by atoms with E-state index in [0.29, 0.717) is 12.2 Å². The largest absolute Gasteiger partial charge is 0.479 e. The molecule has 4 nitrogen and oxygen atoms in total. The van der Waals surface area contributed by atoms with E-state index in [2.05, 4.69) is 5.32 Å². The zero-order valence-corrected chi connectivity index (χ0v) is 7.61. The first-order chi connectivity index (χ1) is 5.60. The maximum absolute atomic E-state index is 10.8. The normalized spacial score (nSPS) is 28.6. The number of carbonyl (C=O) groups is 2. The first kappa shape index (κ1) is 9.38. The van der Waals surface area contributed by atoms with E-state index < -0.39 is 11.5 Å². The zero-order chi connectivity index (χ0) is 9.19. The number of carboxylic acid groups (broad SMARTS) is 1. The molecular formula is C7H11NO3S. The van der Waals surface area contributed by atoms with Crippen molar-refractivity contribution >= 4 is 23.0 Å². The van der Waals surface area contributed by atoms with E-state index in [4.69, 9.17) is 5.11 Å². The molecule has 1 rings (SSSR count). The van der Waals surface area contributed by atoms with E-state index in [1.54, 1.807) is 0 Å². The fourth-order valence-electron chi connectivity index (χ4n) is 1.24. The molecular weight excluding hydrogens is 178 g/mol. The number of hydrogen-bond acceptors (Lipinski definition) is 3. The van der Waals surface area contributed by atoms with Crippen LogP contribution in [0.4, 0.5) is 4.79 Å². The summed E-state index contributed by atoms with van der Waals surface area (Å²) in [6, 6.07) is 0. The number of carbonyl (C=O) groups excluding carboxylic acids is 1. The average molecular weight is 189 g/mol. The Morgan fingerprint density at radius 3 is 2.83 bits per heavy atom. The molecule has 5 heteroatoms.